The highest BCUT2D eigenvalue weighted by Crippen LogP contribution is 2.36. The molecule has 132 valence electrons. The van der Waals surface area contributed by atoms with Gasteiger partial charge in [0.25, 0.3) is 0 Å². The molecule has 2 aromatic heterocycles. The lowest BCUT2D eigenvalue weighted by Gasteiger charge is -2.19. The summed E-state index contributed by atoms with van der Waals surface area (Å²) in [5, 5.41) is 4.00. The van der Waals surface area contributed by atoms with Crippen LogP contribution >= 0.6 is 0 Å². The maximum Gasteiger partial charge on any atom is 0.232 e. The highest BCUT2D eigenvalue weighted by atomic mass is 16.5. The lowest BCUT2D eigenvalue weighted by molar-refractivity contribution is -0.117. The maximum absolute atomic E-state index is 12.6. The van der Waals surface area contributed by atoms with Crippen LogP contribution in [0.25, 0.3) is 11.5 Å². The Morgan fingerprint density at radius 3 is 2.88 bits per heavy atom. The largest absolute Gasteiger partial charge is 0.492 e. The number of nitrogens with zero attached hydrogens (tertiary/aromatic N) is 4. The van der Waals surface area contributed by atoms with Crippen molar-refractivity contribution in [3.8, 4) is 17.3 Å². The molecule has 3 heterocycles. The molecular weight excluding hydrogens is 332 g/mol. The fraction of sp³-hybridized carbons (Fsp3) is 0.263. The molecule has 0 radical (unpaired) electrons. The smallest absolute Gasteiger partial charge is 0.232 e. The maximum atomic E-state index is 12.6. The predicted molar refractivity (Wildman–Crippen MR) is 94.9 cm³/mol. The van der Waals surface area contributed by atoms with Gasteiger partial charge in [-0.25, -0.2) is 0 Å². The summed E-state index contributed by atoms with van der Waals surface area (Å²) in [6, 6.07) is 13.1. The van der Waals surface area contributed by atoms with E-state index in [1.165, 1.54) is 0 Å². The van der Waals surface area contributed by atoms with E-state index in [4.69, 9.17) is 9.26 Å². The molecule has 1 aliphatic heterocycles. The molecule has 7 nitrogen and oxygen atoms in total. The minimum atomic E-state index is -0.151. The summed E-state index contributed by atoms with van der Waals surface area (Å²) in [4.78, 5) is 22.9. The quantitative estimate of drug-likeness (QED) is 0.703. The zero-order valence-corrected chi connectivity index (χ0v) is 14.3. The summed E-state index contributed by atoms with van der Waals surface area (Å²) >= 11 is 0. The molecule has 0 saturated carbocycles. The second kappa shape index (κ2) is 6.95. The first kappa shape index (κ1) is 16.3. The van der Waals surface area contributed by atoms with E-state index in [9.17, 15) is 4.79 Å². The number of benzene rings is 1. The van der Waals surface area contributed by atoms with Gasteiger partial charge in [0, 0.05) is 19.2 Å². The number of hydrogen-bond donors (Lipinski definition) is 0. The molecule has 7 heteroatoms. The first-order valence-electron chi connectivity index (χ1n) is 8.53. The molecule has 1 aliphatic rings. The molecule has 4 rings (SSSR count). The zero-order chi connectivity index (χ0) is 17.9. The topological polar surface area (TPSA) is 81.3 Å². The third kappa shape index (κ3) is 3.03. The van der Waals surface area contributed by atoms with Crippen molar-refractivity contribution >= 4 is 11.6 Å². The first-order valence-corrected chi connectivity index (χ1v) is 8.53. The summed E-state index contributed by atoms with van der Waals surface area (Å²) in [6.45, 7) is 2.94. The van der Waals surface area contributed by atoms with Gasteiger partial charge in [-0.3, -0.25) is 9.78 Å². The Bertz CT molecular complexity index is 910. The van der Waals surface area contributed by atoms with Crippen molar-refractivity contribution in [1.29, 1.82) is 0 Å². The molecule has 0 N–H and O–H groups in total. The Balaban J connectivity index is 1.57. The summed E-state index contributed by atoms with van der Waals surface area (Å²) < 4.78 is 11.0. The summed E-state index contributed by atoms with van der Waals surface area (Å²) in [6.07, 6.45) is 2.00. The third-order valence-electron chi connectivity index (χ3n) is 4.27. The van der Waals surface area contributed by atoms with Crippen LogP contribution in [0, 0.1) is 0 Å². The van der Waals surface area contributed by atoms with Crippen LogP contribution in [0.15, 0.2) is 53.2 Å². The second-order valence-electron chi connectivity index (χ2n) is 5.98. The minimum Gasteiger partial charge on any atom is -0.492 e. The van der Waals surface area contributed by atoms with Crippen LogP contribution in [0.5, 0.6) is 5.75 Å². The summed E-state index contributed by atoms with van der Waals surface area (Å²) in [7, 11) is 0. The molecule has 1 atom stereocenters. The Morgan fingerprint density at radius 1 is 1.23 bits per heavy atom. The number of carbonyl (C=O) groups is 1. The molecule has 0 spiro atoms. The summed E-state index contributed by atoms with van der Waals surface area (Å²) in [5.41, 5.74) is 1.41. The number of ether oxygens (including phenoxy) is 1. The van der Waals surface area contributed by atoms with E-state index in [0.29, 0.717) is 42.7 Å². The van der Waals surface area contributed by atoms with Gasteiger partial charge in [0.1, 0.15) is 11.4 Å². The number of rotatable bonds is 5. The fourth-order valence-corrected chi connectivity index (χ4v) is 3.06. The van der Waals surface area contributed by atoms with Gasteiger partial charge >= 0.3 is 0 Å². The molecule has 1 aromatic carbocycles. The Hall–Kier alpha value is -3.22. The molecule has 26 heavy (non-hydrogen) atoms. The molecule has 1 saturated heterocycles. The van der Waals surface area contributed by atoms with Crippen LogP contribution in [0.1, 0.15) is 25.2 Å². The average molecular weight is 350 g/mol. The monoisotopic (exact) mass is 350 g/mol. The highest BCUT2D eigenvalue weighted by molar-refractivity contribution is 5.97. The van der Waals surface area contributed by atoms with E-state index in [0.717, 1.165) is 5.69 Å². The molecular formula is C19H18N4O3. The van der Waals surface area contributed by atoms with Crippen LogP contribution < -0.4 is 9.64 Å². The van der Waals surface area contributed by atoms with Crippen LogP contribution in [0.4, 0.5) is 5.69 Å². The molecule has 3 aromatic rings. The number of anilines is 1. The number of pyridine rings is 1. The average Bonchev–Trinajstić information content (AvgIpc) is 3.30. The van der Waals surface area contributed by atoms with Gasteiger partial charge in [0.2, 0.25) is 17.6 Å². The van der Waals surface area contributed by atoms with Crippen molar-refractivity contribution in [3.63, 3.8) is 0 Å². The molecule has 1 amide bonds. The van der Waals surface area contributed by atoms with Crippen molar-refractivity contribution in [2.24, 2.45) is 0 Å². The number of carbonyl (C=O) groups excluding carboxylic acids is 1. The van der Waals surface area contributed by atoms with Crippen LogP contribution in [0.3, 0.4) is 0 Å². The fourth-order valence-electron chi connectivity index (χ4n) is 3.06. The van der Waals surface area contributed by atoms with Gasteiger partial charge in [-0.1, -0.05) is 23.4 Å². The van der Waals surface area contributed by atoms with Gasteiger partial charge in [-0.2, -0.15) is 4.98 Å². The number of hydrogen-bond acceptors (Lipinski definition) is 6. The second-order valence-corrected chi connectivity index (χ2v) is 5.98. The van der Waals surface area contributed by atoms with Crippen molar-refractivity contribution in [2.75, 3.05) is 18.1 Å². The number of aromatic nitrogens is 3. The molecule has 0 bridgehead atoms. The van der Waals surface area contributed by atoms with Crippen molar-refractivity contribution in [2.45, 2.75) is 19.3 Å². The van der Waals surface area contributed by atoms with Gasteiger partial charge in [0.15, 0.2) is 0 Å². The van der Waals surface area contributed by atoms with Gasteiger partial charge in [0.05, 0.1) is 18.2 Å². The normalized spacial score (nSPS) is 16.9. The van der Waals surface area contributed by atoms with Gasteiger partial charge in [-0.15, -0.1) is 0 Å². The van der Waals surface area contributed by atoms with Crippen molar-refractivity contribution in [3.05, 3.63) is 54.6 Å². The van der Waals surface area contributed by atoms with Crippen LogP contribution in [0.2, 0.25) is 0 Å². The van der Waals surface area contributed by atoms with E-state index in [-0.39, 0.29) is 11.8 Å². The molecule has 0 aliphatic carbocycles. The van der Waals surface area contributed by atoms with E-state index < -0.39 is 0 Å². The SMILES string of the molecule is CCOc1ccccc1N1CC(c2nc(-c3ccccn3)no2)CC1=O. The lowest BCUT2D eigenvalue weighted by Crippen LogP contribution is -2.25. The van der Waals surface area contributed by atoms with Crippen molar-refractivity contribution in [1.82, 2.24) is 15.1 Å². The van der Waals surface area contributed by atoms with Crippen LogP contribution in [-0.4, -0.2) is 34.2 Å². The number of para-hydroxylation sites is 2. The Morgan fingerprint density at radius 2 is 2.08 bits per heavy atom. The van der Waals surface area contributed by atoms with Crippen molar-refractivity contribution < 1.29 is 14.1 Å². The highest BCUT2D eigenvalue weighted by Gasteiger charge is 2.36. The molecule has 1 unspecified atom stereocenters. The molecule has 1 fully saturated rings. The van der Waals surface area contributed by atoms with E-state index in [1.807, 2.05) is 49.4 Å². The van der Waals surface area contributed by atoms with E-state index in [2.05, 4.69) is 15.1 Å². The predicted octanol–water partition coefficient (Wildman–Crippen LogP) is 3.05. The van der Waals surface area contributed by atoms with Gasteiger partial charge < -0.3 is 14.2 Å². The van der Waals surface area contributed by atoms with E-state index in [1.54, 1.807) is 11.1 Å². The van der Waals surface area contributed by atoms with Gasteiger partial charge in [-0.05, 0) is 31.2 Å². The van der Waals surface area contributed by atoms with Crippen LogP contribution in [-0.2, 0) is 4.79 Å². The zero-order valence-electron chi connectivity index (χ0n) is 14.3. The third-order valence-corrected chi connectivity index (χ3v) is 4.27. The standard InChI is InChI=1S/C19H18N4O3/c1-2-25-16-9-4-3-8-15(16)23-12-13(11-17(23)24)19-21-18(22-26-19)14-7-5-6-10-20-14/h3-10,13H,2,11-12H2,1H3. The van der Waals surface area contributed by atoms with E-state index >= 15 is 0 Å². The Labute approximate surface area is 150 Å². The lowest BCUT2D eigenvalue weighted by atomic mass is 10.1. The number of amides is 1. The minimum absolute atomic E-state index is 0.0136. The Kier molecular flexibility index (Phi) is 4.35. The first-order chi connectivity index (χ1) is 12.8. The summed E-state index contributed by atoms with van der Waals surface area (Å²) in [5.74, 6) is 1.45.